The molecule has 1 aliphatic rings. The van der Waals surface area contributed by atoms with Crippen LogP contribution in [0.25, 0.3) is 5.57 Å². The maximum atomic E-state index is 10.7. The molecule has 0 aliphatic heterocycles. The van der Waals surface area contributed by atoms with Crippen LogP contribution in [-0.2, 0) is 9.47 Å². The smallest absolute Gasteiger partial charge is 0.161 e. The van der Waals surface area contributed by atoms with Crippen molar-refractivity contribution in [3.8, 4) is 0 Å². The van der Waals surface area contributed by atoms with E-state index < -0.39 is 0 Å². The van der Waals surface area contributed by atoms with Crippen molar-refractivity contribution in [2.24, 2.45) is 0 Å². The second kappa shape index (κ2) is 6.24. The predicted molar refractivity (Wildman–Crippen MR) is 79.2 cm³/mol. The van der Waals surface area contributed by atoms with Crippen LogP contribution >= 0.6 is 0 Å². The summed E-state index contributed by atoms with van der Waals surface area (Å²) in [6.07, 6.45) is 5.75. The van der Waals surface area contributed by atoms with E-state index in [1.54, 1.807) is 14.2 Å². The molecule has 0 fully saturated rings. The number of ether oxygens (including phenoxy) is 2. The molecule has 1 aliphatic carbocycles. The van der Waals surface area contributed by atoms with Crippen LogP contribution in [0.15, 0.2) is 53.5 Å². The van der Waals surface area contributed by atoms with Gasteiger partial charge in [0.15, 0.2) is 11.5 Å². The molecule has 3 nitrogen and oxygen atoms in total. The minimum Gasteiger partial charge on any atom is -0.493 e. The van der Waals surface area contributed by atoms with E-state index in [1.165, 1.54) is 0 Å². The second-order valence-electron chi connectivity index (χ2n) is 4.63. The molecule has 1 aromatic rings. The quantitative estimate of drug-likeness (QED) is 0.782. The van der Waals surface area contributed by atoms with Gasteiger partial charge in [-0.25, -0.2) is 0 Å². The highest BCUT2D eigenvalue weighted by Gasteiger charge is 2.14. The van der Waals surface area contributed by atoms with E-state index in [0.717, 1.165) is 35.2 Å². The molecule has 0 N–H and O–H groups in total. The molecule has 0 radical (unpaired) electrons. The Balaban J connectivity index is 2.40. The average molecular weight is 270 g/mol. The van der Waals surface area contributed by atoms with Crippen molar-refractivity contribution in [1.82, 2.24) is 0 Å². The molecule has 1 aromatic carbocycles. The van der Waals surface area contributed by atoms with Gasteiger partial charge in [0.25, 0.3) is 0 Å². The van der Waals surface area contributed by atoms with Gasteiger partial charge in [-0.2, -0.15) is 0 Å². The van der Waals surface area contributed by atoms with Gasteiger partial charge < -0.3 is 9.47 Å². The van der Waals surface area contributed by atoms with E-state index in [9.17, 15) is 4.79 Å². The lowest BCUT2D eigenvalue weighted by atomic mass is 10.0. The summed E-state index contributed by atoms with van der Waals surface area (Å²) in [6, 6.07) is 7.50. The molecule has 0 aromatic heterocycles. The standard InChI is InChI=1S/C17H18O3/c1-12-4-7-15(10-16(19-2)17(12)20-3)14-8-5-13(11-18)6-9-14/h5-11H,4H2,1-3H3. The van der Waals surface area contributed by atoms with Crippen molar-refractivity contribution in [1.29, 1.82) is 0 Å². The first-order valence-electron chi connectivity index (χ1n) is 6.45. The highest BCUT2D eigenvalue weighted by molar-refractivity contribution is 5.79. The van der Waals surface area contributed by atoms with Gasteiger partial charge in [0.05, 0.1) is 14.2 Å². The third kappa shape index (κ3) is 2.82. The molecule has 0 unspecified atom stereocenters. The largest absolute Gasteiger partial charge is 0.493 e. The Hall–Kier alpha value is -2.29. The Labute approximate surface area is 119 Å². The van der Waals surface area contributed by atoms with E-state index in [4.69, 9.17) is 9.47 Å². The summed E-state index contributed by atoms with van der Waals surface area (Å²) >= 11 is 0. The van der Waals surface area contributed by atoms with Gasteiger partial charge in [0.2, 0.25) is 0 Å². The fraction of sp³-hybridized carbons (Fsp3) is 0.235. The minimum absolute atomic E-state index is 0.672. The first-order chi connectivity index (χ1) is 9.69. The van der Waals surface area contributed by atoms with Gasteiger partial charge >= 0.3 is 0 Å². The van der Waals surface area contributed by atoms with Crippen LogP contribution in [0.1, 0.15) is 29.3 Å². The summed E-state index contributed by atoms with van der Waals surface area (Å²) in [7, 11) is 3.28. The maximum absolute atomic E-state index is 10.7. The first-order valence-corrected chi connectivity index (χ1v) is 6.45. The minimum atomic E-state index is 0.672. The number of hydrogen-bond donors (Lipinski definition) is 0. The molecule has 0 amide bonds. The topological polar surface area (TPSA) is 35.5 Å². The average Bonchev–Trinajstić information content (AvgIpc) is 2.66. The molecule has 2 rings (SSSR count). The van der Waals surface area contributed by atoms with E-state index in [0.29, 0.717) is 11.3 Å². The van der Waals surface area contributed by atoms with Crippen molar-refractivity contribution in [3.63, 3.8) is 0 Å². The number of methoxy groups -OCH3 is 2. The fourth-order valence-corrected chi connectivity index (χ4v) is 2.21. The number of carbonyl (C=O) groups is 1. The van der Waals surface area contributed by atoms with Gasteiger partial charge in [-0.15, -0.1) is 0 Å². The third-order valence-corrected chi connectivity index (χ3v) is 3.33. The zero-order valence-corrected chi connectivity index (χ0v) is 12.0. The van der Waals surface area contributed by atoms with Crippen LogP contribution in [0.3, 0.4) is 0 Å². The summed E-state index contributed by atoms with van der Waals surface area (Å²) in [5.41, 5.74) is 3.91. The highest BCUT2D eigenvalue weighted by atomic mass is 16.5. The molecule has 3 heteroatoms. The maximum Gasteiger partial charge on any atom is 0.161 e. The van der Waals surface area contributed by atoms with Crippen molar-refractivity contribution in [2.75, 3.05) is 14.2 Å². The Morgan fingerprint density at radius 1 is 1.10 bits per heavy atom. The van der Waals surface area contributed by atoms with Crippen LogP contribution in [0.4, 0.5) is 0 Å². The van der Waals surface area contributed by atoms with Crippen LogP contribution in [-0.4, -0.2) is 20.5 Å². The Morgan fingerprint density at radius 3 is 2.35 bits per heavy atom. The highest BCUT2D eigenvalue weighted by Crippen LogP contribution is 2.29. The Morgan fingerprint density at radius 2 is 1.80 bits per heavy atom. The van der Waals surface area contributed by atoms with E-state index in [1.807, 2.05) is 37.3 Å². The molecule has 0 saturated carbocycles. The van der Waals surface area contributed by atoms with E-state index >= 15 is 0 Å². The zero-order chi connectivity index (χ0) is 14.5. The molecule has 0 atom stereocenters. The Kier molecular flexibility index (Phi) is 4.41. The zero-order valence-electron chi connectivity index (χ0n) is 12.0. The predicted octanol–water partition coefficient (Wildman–Crippen LogP) is 3.74. The van der Waals surface area contributed by atoms with Gasteiger partial charge in [-0.1, -0.05) is 30.3 Å². The summed E-state index contributed by atoms with van der Waals surface area (Å²) in [6.45, 7) is 2.03. The van der Waals surface area contributed by atoms with Crippen LogP contribution in [0.5, 0.6) is 0 Å². The molecule has 0 bridgehead atoms. The molecule has 20 heavy (non-hydrogen) atoms. The van der Waals surface area contributed by atoms with Gasteiger partial charge in [0.1, 0.15) is 6.29 Å². The normalized spacial score (nSPS) is 15.2. The Bertz CT molecular complexity index is 589. The van der Waals surface area contributed by atoms with Crippen LogP contribution < -0.4 is 0 Å². The SMILES string of the molecule is COC1=CC(c2ccc(C=O)cc2)=CCC(C)=C1OC. The fourth-order valence-electron chi connectivity index (χ4n) is 2.21. The summed E-state index contributed by atoms with van der Waals surface area (Å²) in [5.74, 6) is 1.50. The van der Waals surface area contributed by atoms with Crippen molar-refractivity contribution < 1.29 is 14.3 Å². The van der Waals surface area contributed by atoms with E-state index in [2.05, 4.69) is 6.08 Å². The number of aldehydes is 1. The molecule has 0 heterocycles. The van der Waals surface area contributed by atoms with Crippen molar-refractivity contribution in [3.05, 3.63) is 64.6 Å². The first kappa shape index (κ1) is 14.1. The number of benzene rings is 1. The summed E-state index contributed by atoms with van der Waals surface area (Å²) < 4.78 is 10.8. The molecular weight excluding hydrogens is 252 g/mol. The van der Waals surface area contributed by atoms with E-state index in [-0.39, 0.29) is 0 Å². The number of hydrogen-bond acceptors (Lipinski definition) is 3. The second-order valence-corrected chi connectivity index (χ2v) is 4.63. The lowest BCUT2D eigenvalue weighted by Crippen LogP contribution is -1.97. The number of carbonyl (C=O) groups excluding carboxylic acids is 1. The van der Waals surface area contributed by atoms with Crippen molar-refractivity contribution >= 4 is 11.9 Å². The number of allylic oxidation sites excluding steroid dienone is 4. The summed E-state index contributed by atoms with van der Waals surface area (Å²) in [4.78, 5) is 10.7. The van der Waals surface area contributed by atoms with Crippen LogP contribution in [0, 0.1) is 0 Å². The molecule has 0 spiro atoms. The third-order valence-electron chi connectivity index (χ3n) is 3.33. The molecule has 0 saturated heterocycles. The van der Waals surface area contributed by atoms with Gasteiger partial charge in [-0.05, 0) is 36.1 Å². The molecule has 104 valence electrons. The van der Waals surface area contributed by atoms with Gasteiger partial charge in [0, 0.05) is 5.56 Å². The molecular formula is C17H18O3. The van der Waals surface area contributed by atoms with Crippen LogP contribution in [0.2, 0.25) is 0 Å². The monoisotopic (exact) mass is 270 g/mol. The number of rotatable bonds is 4. The lowest BCUT2D eigenvalue weighted by molar-refractivity contribution is 0.112. The summed E-state index contributed by atoms with van der Waals surface area (Å²) in [5, 5.41) is 0. The lowest BCUT2D eigenvalue weighted by Gasteiger charge is -2.11. The van der Waals surface area contributed by atoms with Crippen molar-refractivity contribution in [2.45, 2.75) is 13.3 Å². The van der Waals surface area contributed by atoms with Gasteiger partial charge in [-0.3, -0.25) is 4.79 Å².